The molecular formula is C4H10N2. The predicted molar refractivity (Wildman–Crippen MR) is 26.0 cm³/mol. The van der Waals surface area contributed by atoms with Gasteiger partial charge in [-0.05, 0) is 19.5 Å². The standard InChI is InChI=1S/C3H10N2.C/c4-2-1-3-5;/h1-5H2;. The normalized spacial score (nSPS) is 7.00. The van der Waals surface area contributed by atoms with Crippen molar-refractivity contribution in [2.75, 3.05) is 13.1 Å². The van der Waals surface area contributed by atoms with Crippen LogP contribution in [0.4, 0.5) is 0 Å². The fourth-order valence-corrected chi connectivity index (χ4v) is 0.118. The molecule has 0 saturated heterocycles. The molecule has 0 unspecified atom stereocenters. The Kier molecular flexibility index (Phi) is 13.8. The molecule has 0 aromatic carbocycles. The van der Waals surface area contributed by atoms with E-state index in [1.54, 1.807) is 0 Å². The highest BCUT2D eigenvalue weighted by Crippen LogP contribution is 1.58. The summed E-state index contributed by atoms with van der Waals surface area (Å²) in [5.74, 6) is 0. The molecule has 6 heavy (non-hydrogen) atoms. The van der Waals surface area contributed by atoms with E-state index >= 15 is 0 Å². The Hall–Kier alpha value is -0.0800. The van der Waals surface area contributed by atoms with Gasteiger partial charge in [-0.3, -0.25) is 0 Å². The summed E-state index contributed by atoms with van der Waals surface area (Å²) in [6.45, 7) is 1.44. The third-order valence-corrected chi connectivity index (χ3v) is 0.408. The molecule has 0 rings (SSSR count). The highest BCUT2D eigenvalue weighted by Gasteiger charge is 1.67. The number of nitrogens with two attached hydrogens (primary N) is 2. The minimum absolute atomic E-state index is 0. The molecule has 4 radical (unpaired) electrons. The topological polar surface area (TPSA) is 52.0 Å². The molecule has 0 heterocycles. The van der Waals surface area contributed by atoms with Crippen molar-refractivity contribution < 1.29 is 0 Å². The van der Waals surface area contributed by atoms with Gasteiger partial charge in [0.1, 0.15) is 0 Å². The zero-order valence-electron chi connectivity index (χ0n) is 3.78. The maximum atomic E-state index is 5.06. The van der Waals surface area contributed by atoms with Crippen LogP contribution < -0.4 is 11.5 Å². The zero-order valence-corrected chi connectivity index (χ0v) is 3.78. The first-order valence-electron chi connectivity index (χ1n) is 1.82. The fourth-order valence-electron chi connectivity index (χ4n) is 0.118. The summed E-state index contributed by atoms with van der Waals surface area (Å²) in [6, 6.07) is 0. The second-order valence-corrected chi connectivity index (χ2v) is 0.931. The van der Waals surface area contributed by atoms with Gasteiger partial charge < -0.3 is 11.5 Å². The molecule has 0 aromatic heterocycles. The molecule has 0 amide bonds. The van der Waals surface area contributed by atoms with Crippen molar-refractivity contribution in [3.8, 4) is 0 Å². The summed E-state index contributed by atoms with van der Waals surface area (Å²) in [4.78, 5) is 0. The van der Waals surface area contributed by atoms with Gasteiger partial charge in [0.15, 0.2) is 0 Å². The average Bonchev–Trinajstić information content (AvgIpc) is 1.41. The van der Waals surface area contributed by atoms with Crippen LogP contribution in [0.5, 0.6) is 0 Å². The van der Waals surface area contributed by atoms with E-state index in [-0.39, 0.29) is 7.43 Å². The van der Waals surface area contributed by atoms with Crippen LogP contribution in [0, 0.1) is 7.43 Å². The highest BCUT2D eigenvalue weighted by atomic mass is 14.6. The maximum absolute atomic E-state index is 5.06. The van der Waals surface area contributed by atoms with E-state index in [0.29, 0.717) is 0 Å². The van der Waals surface area contributed by atoms with Crippen LogP contribution in [0.15, 0.2) is 0 Å². The van der Waals surface area contributed by atoms with Crippen molar-refractivity contribution in [2.24, 2.45) is 11.5 Å². The molecular weight excluding hydrogens is 76.1 g/mol. The second kappa shape index (κ2) is 8.87. The van der Waals surface area contributed by atoms with Crippen molar-refractivity contribution >= 4 is 0 Å². The van der Waals surface area contributed by atoms with Crippen molar-refractivity contribution in [2.45, 2.75) is 6.42 Å². The van der Waals surface area contributed by atoms with Crippen molar-refractivity contribution in [1.82, 2.24) is 0 Å². The molecule has 0 aromatic rings. The van der Waals surface area contributed by atoms with E-state index < -0.39 is 0 Å². The van der Waals surface area contributed by atoms with Crippen LogP contribution in [-0.2, 0) is 0 Å². The highest BCUT2D eigenvalue weighted by molar-refractivity contribution is 4.33. The molecule has 0 fully saturated rings. The van der Waals surface area contributed by atoms with Crippen molar-refractivity contribution in [1.29, 1.82) is 0 Å². The van der Waals surface area contributed by atoms with Crippen LogP contribution in [0.2, 0.25) is 0 Å². The Bertz CT molecular complexity index is 13.0. The van der Waals surface area contributed by atoms with E-state index in [1.165, 1.54) is 0 Å². The molecule has 2 heteroatoms. The first kappa shape index (κ1) is 9.33. The van der Waals surface area contributed by atoms with Crippen molar-refractivity contribution in [3.05, 3.63) is 7.43 Å². The van der Waals surface area contributed by atoms with E-state index in [9.17, 15) is 0 Å². The predicted octanol–water partition coefficient (Wildman–Crippen LogP) is -0.625. The van der Waals surface area contributed by atoms with Crippen LogP contribution >= 0.6 is 0 Å². The summed E-state index contributed by atoms with van der Waals surface area (Å²) in [6.07, 6.45) is 0.944. The molecule has 0 atom stereocenters. The van der Waals surface area contributed by atoms with Crippen molar-refractivity contribution in [3.63, 3.8) is 0 Å². The number of hydrogen-bond acceptors (Lipinski definition) is 2. The minimum Gasteiger partial charge on any atom is -0.330 e. The first-order chi connectivity index (χ1) is 2.41. The number of hydrogen-bond donors (Lipinski definition) is 2. The van der Waals surface area contributed by atoms with Crippen LogP contribution in [0.3, 0.4) is 0 Å². The monoisotopic (exact) mass is 86.1 g/mol. The SMILES string of the molecule is NCCCN.[C]. The average molecular weight is 86.1 g/mol. The largest absolute Gasteiger partial charge is 0.330 e. The van der Waals surface area contributed by atoms with Gasteiger partial charge in [0.2, 0.25) is 0 Å². The molecule has 0 spiro atoms. The third kappa shape index (κ3) is 9.07. The lowest BCUT2D eigenvalue weighted by Gasteiger charge is -1.81. The first-order valence-corrected chi connectivity index (χ1v) is 1.82. The lowest BCUT2D eigenvalue weighted by Crippen LogP contribution is -2.06. The van der Waals surface area contributed by atoms with Crippen LogP contribution in [0.1, 0.15) is 6.42 Å². The fraction of sp³-hybridized carbons (Fsp3) is 0.750. The molecule has 0 aliphatic rings. The van der Waals surface area contributed by atoms with Gasteiger partial charge in [0, 0.05) is 7.43 Å². The van der Waals surface area contributed by atoms with E-state index in [2.05, 4.69) is 0 Å². The van der Waals surface area contributed by atoms with Crippen LogP contribution in [-0.4, -0.2) is 13.1 Å². The smallest absolute Gasteiger partial charge is 0 e. The van der Waals surface area contributed by atoms with Gasteiger partial charge in [-0.2, -0.15) is 0 Å². The number of rotatable bonds is 2. The minimum atomic E-state index is 0. The summed E-state index contributed by atoms with van der Waals surface area (Å²) < 4.78 is 0. The van der Waals surface area contributed by atoms with E-state index in [4.69, 9.17) is 11.5 Å². The summed E-state index contributed by atoms with van der Waals surface area (Å²) >= 11 is 0. The Balaban J connectivity index is 0. The Labute approximate surface area is 39.5 Å². The summed E-state index contributed by atoms with van der Waals surface area (Å²) in [5.41, 5.74) is 10.1. The van der Waals surface area contributed by atoms with E-state index in [0.717, 1.165) is 19.5 Å². The lowest BCUT2D eigenvalue weighted by atomic mass is 10.4. The Morgan fingerprint density at radius 1 is 1.00 bits per heavy atom. The summed E-state index contributed by atoms with van der Waals surface area (Å²) in [7, 11) is 0. The molecule has 36 valence electrons. The Morgan fingerprint density at radius 3 is 1.33 bits per heavy atom. The third-order valence-electron chi connectivity index (χ3n) is 0.408. The maximum Gasteiger partial charge on any atom is 0 e. The molecule has 0 bridgehead atoms. The lowest BCUT2D eigenvalue weighted by molar-refractivity contribution is 0.844. The van der Waals surface area contributed by atoms with Gasteiger partial charge in [-0.1, -0.05) is 0 Å². The summed E-state index contributed by atoms with van der Waals surface area (Å²) in [5, 5.41) is 0. The van der Waals surface area contributed by atoms with Gasteiger partial charge >= 0.3 is 0 Å². The van der Waals surface area contributed by atoms with Crippen LogP contribution in [0.25, 0.3) is 0 Å². The molecule has 0 saturated carbocycles. The molecule has 2 nitrogen and oxygen atoms in total. The second-order valence-electron chi connectivity index (χ2n) is 0.931. The Morgan fingerprint density at radius 2 is 1.33 bits per heavy atom. The molecule has 4 N–H and O–H groups in total. The van der Waals surface area contributed by atoms with Gasteiger partial charge in [-0.25, -0.2) is 0 Å². The van der Waals surface area contributed by atoms with Gasteiger partial charge in [-0.15, -0.1) is 0 Å². The molecule has 0 aliphatic heterocycles. The van der Waals surface area contributed by atoms with E-state index in [1.807, 2.05) is 0 Å². The molecule has 0 aliphatic carbocycles. The quantitative estimate of drug-likeness (QED) is 0.470. The zero-order chi connectivity index (χ0) is 4.12. The van der Waals surface area contributed by atoms with Gasteiger partial charge in [0.25, 0.3) is 0 Å². The van der Waals surface area contributed by atoms with Gasteiger partial charge in [0.05, 0.1) is 0 Å².